The SMILES string of the molecule is COCCOC1CCN(c2ccc3ncc([N+](=O)[O-])n3n2)CC1. The van der Waals surface area contributed by atoms with Gasteiger partial charge in [-0.1, -0.05) is 9.61 Å². The van der Waals surface area contributed by atoms with Crippen molar-refractivity contribution in [3.05, 3.63) is 28.4 Å². The first-order valence-electron chi connectivity index (χ1n) is 7.53. The second kappa shape index (κ2) is 6.88. The third-order valence-electron chi connectivity index (χ3n) is 3.92. The molecule has 0 spiro atoms. The number of nitro groups is 1. The van der Waals surface area contributed by atoms with Gasteiger partial charge in [0, 0.05) is 26.3 Å². The maximum atomic E-state index is 11.0. The highest BCUT2D eigenvalue weighted by molar-refractivity contribution is 5.49. The second-order valence-corrected chi connectivity index (χ2v) is 5.39. The van der Waals surface area contributed by atoms with Gasteiger partial charge >= 0.3 is 5.82 Å². The van der Waals surface area contributed by atoms with Crippen molar-refractivity contribution < 1.29 is 14.4 Å². The van der Waals surface area contributed by atoms with Crippen LogP contribution in [0.1, 0.15) is 12.8 Å². The highest BCUT2D eigenvalue weighted by atomic mass is 16.6. The Labute approximate surface area is 133 Å². The van der Waals surface area contributed by atoms with E-state index in [4.69, 9.17) is 9.47 Å². The first kappa shape index (κ1) is 15.6. The summed E-state index contributed by atoms with van der Waals surface area (Å²) in [6, 6.07) is 3.59. The molecule has 124 valence electrons. The molecule has 9 nitrogen and oxygen atoms in total. The number of imidazole rings is 1. The number of methoxy groups -OCH3 is 1. The topological polar surface area (TPSA) is 95.0 Å². The summed E-state index contributed by atoms with van der Waals surface area (Å²) in [5.41, 5.74) is 0.471. The van der Waals surface area contributed by atoms with Crippen molar-refractivity contribution in [3.63, 3.8) is 0 Å². The molecule has 1 aliphatic rings. The molecule has 3 rings (SSSR count). The Kier molecular flexibility index (Phi) is 4.68. The van der Waals surface area contributed by atoms with Gasteiger partial charge in [0.2, 0.25) is 5.65 Å². The van der Waals surface area contributed by atoms with Gasteiger partial charge in [0.15, 0.2) is 5.82 Å². The lowest BCUT2D eigenvalue weighted by atomic mass is 10.1. The van der Waals surface area contributed by atoms with Crippen molar-refractivity contribution in [3.8, 4) is 0 Å². The lowest BCUT2D eigenvalue weighted by Crippen LogP contribution is -2.38. The fourth-order valence-electron chi connectivity index (χ4n) is 2.69. The van der Waals surface area contributed by atoms with Gasteiger partial charge in [0.1, 0.15) is 6.20 Å². The predicted octanol–water partition coefficient (Wildman–Crippen LogP) is 1.27. The summed E-state index contributed by atoms with van der Waals surface area (Å²) < 4.78 is 12.0. The van der Waals surface area contributed by atoms with E-state index in [1.807, 2.05) is 6.07 Å². The van der Waals surface area contributed by atoms with Crippen LogP contribution in [0, 0.1) is 10.1 Å². The van der Waals surface area contributed by atoms with Gasteiger partial charge in [-0.25, -0.2) is 4.98 Å². The first-order chi connectivity index (χ1) is 11.2. The van der Waals surface area contributed by atoms with Crippen LogP contribution in [0.3, 0.4) is 0 Å². The van der Waals surface area contributed by atoms with E-state index in [9.17, 15) is 10.1 Å². The molecule has 2 aromatic rings. The molecular formula is C14H19N5O4. The Morgan fingerprint density at radius 3 is 2.83 bits per heavy atom. The van der Waals surface area contributed by atoms with Crippen molar-refractivity contribution in [1.29, 1.82) is 0 Å². The summed E-state index contributed by atoms with van der Waals surface area (Å²) in [5.74, 6) is 0.591. The number of nitrogens with zero attached hydrogens (tertiary/aromatic N) is 5. The zero-order valence-corrected chi connectivity index (χ0v) is 12.9. The zero-order chi connectivity index (χ0) is 16.2. The van der Waals surface area contributed by atoms with E-state index in [-0.39, 0.29) is 11.9 Å². The van der Waals surface area contributed by atoms with E-state index < -0.39 is 4.92 Å². The highest BCUT2D eigenvalue weighted by Crippen LogP contribution is 2.21. The second-order valence-electron chi connectivity index (χ2n) is 5.39. The normalized spacial score (nSPS) is 16.1. The molecule has 0 atom stereocenters. The number of anilines is 1. The van der Waals surface area contributed by atoms with Crippen LogP contribution in [0.4, 0.5) is 11.6 Å². The number of hydrogen-bond donors (Lipinski definition) is 0. The number of hydrogen-bond acceptors (Lipinski definition) is 7. The Bertz CT molecular complexity index is 681. The van der Waals surface area contributed by atoms with E-state index in [0.717, 1.165) is 25.9 Å². The van der Waals surface area contributed by atoms with Crippen LogP contribution in [-0.4, -0.2) is 59.0 Å². The number of ether oxygens (including phenoxy) is 2. The number of aromatic nitrogens is 3. The minimum Gasteiger partial charge on any atom is -0.382 e. The molecule has 0 aliphatic carbocycles. The quantitative estimate of drug-likeness (QED) is 0.449. The molecule has 23 heavy (non-hydrogen) atoms. The predicted molar refractivity (Wildman–Crippen MR) is 82.7 cm³/mol. The maximum Gasteiger partial charge on any atom is 0.368 e. The van der Waals surface area contributed by atoms with Crippen LogP contribution >= 0.6 is 0 Å². The summed E-state index contributed by atoms with van der Waals surface area (Å²) in [4.78, 5) is 16.6. The van der Waals surface area contributed by atoms with Crippen LogP contribution in [0.15, 0.2) is 18.3 Å². The van der Waals surface area contributed by atoms with Crippen LogP contribution in [0.2, 0.25) is 0 Å². The van der Waals surface area contributed by atoms with Gasteiger partial charge < -0.3 is 24.5 Å². The smallest absolute Gasteiger partial charge is 0.368 e. The molecule has 2 aromatic heterocycles. The Morgan fingerprint density at radius 1 is 1.35 bits per heavy atom. The minimum atomic E-state index is -0.480. The third kappa shape index (κ3) is 3.40. The van der Waals surface area contributed by atoms with Crippen molar-refractivity contribution in [2.45, 2.75) is 18.9 Å². The number of fused-ring (bicyclic) bond motifs is 1. The van der Waals surface area contributed by atoms with Crippen LogP contribution in [0.5, 0.6) is 0 Å². The highest BCUT2D eigenvalue weighted by Gasteiger charge is 2.23. The summed E-state index contributed by atoms with van der Waals surface area (Å²) in [6.07, 6.45) is 3.25. The molecule has 0 N–H and O–H groups in total. The fraction of sp³-hybridized carbons (Fsp3) is 0.571. The van der Waals surface area contributed by atoms with Crippen LogP contribution in [0.25, 0.3) is 5.65 Å². The molecule has 1 fully saturated rings. The Morgan fingerprint density at radius 2 is 2.13 bits per heavy atom. The summed E-state index contributed by atoms with van der Waals surface area (Å²) in [5, 5.41) is 15.4. The van der Waals surface area contributed by atoms with Gasteiger partial charge in [0.25, 0.3) is 0 Å². The van der Waals surface area contributed by atoms with E-state index in [1.165, 1.54) is 10.7 Å². The molecule has 0 radical (unpaired) electrons. The summed E-state index contributed by atoms with van der Waals surface area (Å²) >= 11 is 0. The number of rotatable bonds is 6. The molecule has 9 heteroatoms. The molecule has 3 heterocycles. The van der Waals surface area contributed by atoms with Crippen LogP contribution in [-0.2, 0) is 9.47 Å². The Hall–Kier alpha value is -2.26. The molecule has 1 saturated heterocycles. The molecule has 1 aliphatic heterocycles. The van der Waals surface area contributed by atoms with Crippen molar-refractivity contribution in [2.75, 3.05) is 38.3 Å². The third-order valence-corrected chi connectivity index (χ3v) is 3.92. The largest absolute Gasteiger partial charge is 0.382 e. The van der Waals surface area contributed by atoms with Gasteiger partial charge in [0.05, 0.1) is 19.3 Å². The van der Waals surface area contributed by atoms with E-state index in [1.54, 1.807) is 13.2 Å². The van der Waals surface area contributed by atoms with Crippen LogP contribution < -0.4 is 4.90 Å². The lowest BCUT2D eigenvalue weighted by molar-refractivity contribution is -0.391. The van der Waals surface area contributed by atoms with E-state index >= 15 is 0 Å². The van der Waals surface area contributed by atoms with E-state index in [0.29, 0.717) is 24.7 Å². The van der Waals surface area contributed by atoms with Crippen molar-refractivity contribution in [2.24, 2.45) is 0 Å². The van der Waals surface area contributed by atoms with Gasteiger partial charge in [-0.05, 0) is 23.8 Å². The maximum absolute atomic E-state index is 11.0. The molecule has 0 bridgehead atoms. The van der Waals surface area contributed by atoms with Gasteiger partial charge in [-0.2, -0.15) is 0 Å². The average molecular weight is 321 g/mol. The molecule has 0 amide bonds. The minimum absolute atomic E-state index is 0.125. The Balaban J connectivity index is 1.67. The molecule has 0 aromatic carbocycles. The lowest BCUT2D eigenvalue weighted by Gasteiger charge is -2.32. The van der Waals surface area contributed by atoms with Crippen molar-refractivity contribution >= 4 is 17.3 Å². The van der Waals surface area contributed by atoms with E-state index in [2.05, 4.69) is 15.0 Å². The van der Waals surface area contributed by atoms with Crippen molar-refractivity contribution in [1.82, 2.24) is 14.6 Å². The number of piperidine rings is 1. The monoisotopic (exact) mass is 321 g/mol. The van der Waals surface area contributed by atoms with Gasteiger partial charge in [-0.15, -0.1) is 0 Å². The first-order valence-corrected chi connectivity index (χ1v) is 7.53. The summed E-state index contributed by atoms with van der Waals surface area (Å²) in [7, 11) is 1.66. The zero-order valence-electron chi connectivity index (χ0n) is 12.9. The average Bonchev–Trinajstić information content (AvgIpc) is 2.99. The molecule has 0 saturated carbocycles. The molecule has 0 unspecified atom stereocenters. The standard InChI is InChI=1S/C14H19N5O4/c1-22-8-9-23-11-4-6-17(7-5-11)13-3-2-12-15-10-14(19(20)21)18(12)16-13/h2-3,10-11H,4-9H2,1H3. The van der Waals surface area contributed by atoms with Gasteiger partial charge in [-0.3, -0.25) is 0 Å². The molecular weight excluding hydrogens is 302 g/mol. The summed E-state index contributed by atoms with van der Waals surface area (Å²) in [6.45, 7) is 2.81. The fourth-order valence-corrected chi connectivity index (χ4v) is 2.69.